The third-order valence-electron chi connectivity index (χ3n) is 4.26. The maximum Gasteiger partial charge on any atom is 0.231 e. The Balaban J connectivity index is 1.61. The van der Waals surface area contributed by atoms with Crippen LogP contribution in [0.2, 0.25) is 0 Å². The van der Waals surface area contributed by atoms with Gasteiger partial charge in [-0.15, -0.1) is 11.3 Å². The van der Waals surface area contributed by atoms with Crippen LogP contribution in [0.5, 0.6) is 0 Å². The van der Waals surface area contributed by atoms with Crippen LogP contribution in [0, 0.1) is 12.7 Å². The lowest BCUT2D eigenvalue weighted by atomic mass is 10.2. The zero-order valence-electron chi connectivity index (χ0n) is 15.4. The molecule has 1 aromatic heterocycles. The number of rotatable bonds is 7. The van der Waals surface area contributed by atoms with E-state index in [1.54, 1.807) is 12.1 Å². The summed E-state index contributed by atoms with van der Waals surface area (Å²) in [7, 11) is 0. The fraction of sp³-hybridized carbons (Fsp3) is 0.238. The number of halogens is 1. The second-order valence-electron chi connectivity index (χ2n) is 6.26. The number of hydrogen-bond donors (Lipinski definition) is 1. The van der Waals surface area contributed by atoms with Crippen LogP contribution < -0.4 is 10.2 Å². The van der Waals surface area contributed by atoms with Crippen molar-refractivity contribution in [1.29, 1.82) is 0 Å². The molecule has 0 saturated heterocycles. The Morgan fingerprint density at radius 1 is 1.19 bits per heavy atom. The average Bonchev–Trinajstić information content (AvgIpc) is 3.09. The molecule has 0 radical (unpaired) electrons. The molecule has 2 aromatic carbocycles. The first-order chi connectivity index (χ1) is 13.0. The number of aryl methyl sites for hydroxylation is 1. The Bertz CT molecular complexity index is 908. The second kappa shape index (κ2) is 8.77. The molecule has 0 aliphatic heterocycles. The van der Waals surface area contributed by atoms with Crippen molar-refractivity contribution in [2.24, 2.45) is 0 Å². The average molecular weight is 383 g/mol. The zero-order valence-corrected chi connectivity index (χ0v) is 16.2. The molecule has 140 valence electrons. The molecule has 6 heteroatoms. The lowest BCUT2D eigenvalue weighted by Crippen LogP contribution is -2.22. The van der Waals surface area contributed by atoms with Crippen molar-refractivity contribution in [2.75, 3.05) is 16.8 Å². The minimum absolute atomic E-state index is 0.0731. The van der Waals surface area contributed by atoms with Gasteiger partial charge in [0.2, 0.25) is 5.91 Å². The number of para-hydroxylation sites is 1. The van der Waals surface area contributed by atoms with Crippen molar-refractivity contribution in [3.05, 3.63) is 76.0 Å². The summed E-state index contributed by atoms with van der Waals surface area (Å²) in [4.78, 5) is 19.0. The van der Waals surface area contributed by atoms with Crippen LogP contribution >= 0.6 is 11.3 Å². The summed E-state index contributed by atoms with van der Waals surface area (Å²) in [6.45, 7) is 5.42. The molecule has 0 aliphatic carbocycles. The van der Waals surface area contributed by atoms with E-state index in [4.69, 9.17) is 0 Å². The molecule has 3 aromatic rings. The third kappa shape index (κ3) is 5.14. The molecule has 0 fully saturated rings. The molecule has 1 N–H and O–H groups in total. The minimum Gasteiger partial charge on any atom is -0.366 e. The van der Waals surface area contributed by atoms with E-state index in [9.17, 15) is 9.18 Å². The number of carbonyl (C=O) groups excluding carboxylic acids is 1. The third-order valence-corrected chi connectivity index (χ3v) is 5.15. The highest BCUT2D eigenvalue weighted by atomic mass is 32.1. The van der Waals surface area contributed by atoms with Crippen molar-refractivity contribution in [3.8, 4) is 0 Å². The Morgan fingerprint density at radius 2 is 1.93 bits per heavy atom. The maximum absolute atomic E-state index is 13.1. The summed E-state index contributed by atoms with van der Waals surface area (Å²) in [6, 6.07) is 14.1. The molecule has 27 heavy (non-hydrogen) atoms. The summed E-state index contributed by atoms with van der Waals surface area (Å²) < 4.78 is 13.1. The van der Waals surface area contributed by atoms with Gasteiger partial charge in [-0.25, -0.2) is 9.37 Å². The van der Waals surface area contributed by atoms with Crippen molar-refractivity contribution in [2.45, 2.75) is 26.8 Å². The van der Waals surface area contributed by atoms with E-state index in [2.05, 4.69) is 15.2 Å². The molecule has 3 rings (SSSR count). The van der Waals surface area contributed by atoms with Gasteiger partial charge in [0.05, 0.1) is 18.7 Å². The highest BCUT2D eigenvalue weighted by molar-refractivity contribution is 7.09. The van der Waals surface area contributed by atoms with Crippen LogP contribution in [0.25, 0.3) is 0 Å². The van der Waals surface area contributed by atoms with E-state index in [1.807, 2.05) is 43.5 Å². The number of aromatic nitrogens is 1. The highest BCUT2D eigenvalue weighted by Gasteiger charge is 2.12. The summed E-state index contributed by atoms with van der Waals surface area (Å²) in [5.41, 5.74) is 3.71. The number of amides is 1. The van der Waals surface area contributed by atoms with E-state index >= 15 is 0 Å². The number of hydrogen-bond acceptors (Lipinski definition) is 4. The lowest BCUT2D eigenvalue weighted by molar-refractivity contribution is -0.115. The minimum atomic E-state index is -0.245. The summed E-state index contributed by atoms with van der Waals surface area (Å²) >= 11 is 1.48. The SMILES string of the molecule is CCN(Cc1csc(CC(=O)Nc2ccccc2C)n1)c1ccc(F)cc1. The van der Waals surface area contributed by atoms with Gasteiger partial charge in [0.25, 0.3) is 0 Å². The summed E-state index contributed by atoms with van der Waals surface area (Å²) in [6.07, 6.45) is 0.252. The van der Waals surface area contributed by atoms with Gasteiger partial charge in [-0.1, -0.05) is 18.2 Å². The fourth-order valence-corrected chi connectivity index (χ4v) is 3.56. The van der Waals surface area contributed by atoms with E-state index in [-0.39, 0.29) is 18.1 Å². The number of benzene rings is 2. The molecule has 4 nitrogen and oxygen atoms in total. The number of nitrogens with zero attached hydrogens (tertiary/aromatic N) is 2. The normalized spacial score (nSPS) is 10.6. The molecule has 0 atom stereocenters. The Labute approximate surface area is 162 Å². The number of anilines is 2. The quantitative estimate of drug-likeness (QED) is 0.637. The van der Waals surface area contributed by atoms with E-state index in [0.717, 1.165) is 34.2 Å². The lowest BCUT2D eigenvalue weighted by Gasteiger charge is -2.22. The summed E-state index contributed by atoms with van der Waals surface area (Å²) in [5.74, 6) is -0.318. The van der Waals surface area contributed by atoms with Crippen molar-refractivity contribution < 1.29 is 9.18 Å². The standard InChI is InChI=1S/C21H22FN3OS/c1-3-25(18-10-8-16(22)9-11-18)13-17-14-27-21(23-17)12-20(26)24-19-7-5-4-6-15(19)2/h4-11,14H,3,12-13H2,1-2H3,(H,24,26). The number of nitrogens with one attached hydrogen (secondary N) is 1. The topological polar surface area (TPSA) is 45.2 Å². The first kappa shape index (κ1) is 19.0. The van der Waals surface area contributed by atoms with E-state index < -0.39 is 0 Å². The van der Waals surface area contributed by atoms with Gasteiger partial charge in [-0.2, -0.15) is 0 Å². The first-order valence-electron chi connectivity index (χ1n) is 8.84. The molecule has 0 aliphatic rings. The van der Waals surface area contributed by atoms with Crippen molar-refractivity contribution in [3.63, 3.8) is 0 Å². The molecule has 0 unspecified atom stereocenters. The van der Waals surface area contributed by atoms with Crippen LogP contribution in [0.15, 0.2) is 53.9 Å². The second-order valence-corrected chi connectivity index (χ2v) is 7.21. The maximum atomic E-state index is 13.1. The van der Waals surface area contributed by atoms with Gasteiger partial charge in [-0.05, 0) is 49.7 Å². The van der Waals surface area contributed by atoms with Crippen molar-refractivity contribution >= 4 is 28.6 Å². The van der Waals surface area contributed by atoms with E-state index in [0.29, 0.717) is 6.54 Å². The first-order valence-corrected chi connectivity index (χ1v) is 9.72. The van der Waals surface area contributed by atoms with Crippen LogP contribution in [-0.4, -0.2) is 17.4 Å². The van der Waals surface area contributed by atoms with E-state index in [1.165, 1.54) is 23.5 Å². The fourth-order valence-electron chi connectivity index (χ4n) is 2.78. The highest BCUT2D eigenvalue weighted by Crippen LogP contribution is 2.20. The predicted octanol–water partition coefficient (Wildman–Crippen LogP) is 4.80. The van der Waals surface area contributed by atoms with Crippen molar-refractivity contribution in [1.82, 2.24) is 4.98 Å². The van der Waals surface area contributed by atoms with Gasteiger partial charge in [0.1, 0.15) is 10.8 Å². The number of thiazole rings is 1. The summed E-state index contributed by atoms with van der Waals surface area (Å²) in [5, 5.41) is 5.69. The molecule has 0 bridgehead atoms. The van der Waals surface area contributed by atoms with Gasteiger partial charge >= 0.3 is 0 Å². The van der Waals surface area contributed by atoms with Crippen LogP contribution in [0.1, 0.15) is 23.2 Å². The predicted molar refractivity (Wildman–Crippen MR) is 109 cm³/mol. The van der Waals surface area contributed by atoms with Gasteiger partial charge in [0, 0.05) is 23.3 Å². The monoisotopic (exact) mass is 383 g/mol. The smallest absolute Gasteiger partial charge is 0.231 e. The molecule has 0 spiro atoms. The van der Waals surface area contributed by atoms with Crippen LogP contribution in [-0.2, 0) is 17.8 Å². The Hall–Kier alpha value is -2.73. The molecular weight excluding hydrogens is 361 g/mol. The molecular formula is C21H22FN3OS. The van der Waals surface area contributed by atoms with Gasteiger partial charge < -0.3 is 10.2 Å². The molecule has 1 amide bonds. The van der Waals surface area contributed by atoms with Gasteiger partial charge in [0.15, 0.2) is 0 Å². The van der Waals surface area contributed by atoms with Gasteiger partial charge in [-0.3, -0.25) is 4.79 Å². The molecule has 0 saturated carbocycles. The number of carbonyl (C=O) groups is 1. The zero-order chi connectivity index (χ0) is 19.2. The van der Waals surface area contributed by atoms with Crippen LogP contribution in [0.4, 0.5) is 15.8 Å². The van der Waals surface area contributed by atoms with Crippen LogP contribution in [0.3, 0.4) is 0 Å². The molecule has 1 heterocycles. The largest absolute Gasteiger partial charge is 0.366 e. The Kier molecular flexibility index (Phi) is 6.19. The Morgan fingerprint density at radius 3 is 2.63 bits per heavy atom.